The van der Waals surface area contributed by atoms with Crippen LogP contribution >= 0.6 is 11.6 Å². The van der Waals surface area contributed by atoms with Crippen LogP contribution in [0.1, 0.15) is 32.4 Å². The molecule has 1 aliphatic rings. The molecule has 0 N–H and O–H groups in total. The van der Waals surface area contributed by atoms with Crippen molar-refractivity contribution in [3.8, 4) is 11.3 Å². The molecule has 1 aliphatic heterocycles. The maximum Gasteiger partial charge on any atom is 0.219 e. The van der Waals surface area contributed by atoms with E-state index in [4.69, 9.17) is 21.3 Å². The maximum absolute atomic E-state index is 15.0. The molecular weight excluding hydrogens is 459 g/mol. The van der Waals surface area contributed by atoms with Gasteiger partial charge < -0.3 is 9.64 Å². The van der Waals surface area contributed by atoms with Crippen LogP contribution in [-0.4, -0.2) is 45.4 Å². The molecule has 10 heteroatoms. The van der Waals surface area contributed by atoms with Gasteiger partial charge in [0.25, 0.3) is 0 Å². The highest BCUT2D eigenvalue weighted by atomic mass is 35.5. The van der Waals surface area contributed by atoms with Gasteiger partial charge in [0.2, 0.25) is 6.41 Å². The van der Waals surface area contributed by atoms with Crippen molar-refractivity contribution >= 4 is 23.8 Å². The molecule has 0 aliphatic carbocycles. The number of carbonyl (C=O) groups is 1. The zero-order valence-corrected chi connectivity index (χ0v) is 20.3. The van der Waals surface area contributed by atoms with Crippen molar-refractivity contribution in [1.82, 2.24) is 19.3 Å². The quantitative estimate of drug-likeness (QED) is 0.513. The Morgan fingerprint density at radius 2 is 2.09 bits per heavy atom. The number of ether oxygens (including phenoxy) is 1. The Bertz CT molecular complexity index is 1330. The minimum Gasteiger partial charge on any atom is -0.370 e. The molecule has 0 spiro atoms. The van der Waals surface area contributed by atoms with Gasteiger partial charge in [-0.2, -0.15) is 5.10 Å². The molecule has 8 nitrogen and oxygen atoms in total. The molecular formula is C24H26ClFN6O2. The highest BCUT2D eigenvalue weighted by molar-refractivity contribution is 6.30. The van der Waals surface area contributed by atoms with Crippen LogP contribution in [0.15, 0.2) is 53.1 Å². The van der Waals surface area contributed by atoms with E-state index in [9.17, 15) is 9.18 Å². The lowest BCUT2D eigenvalue weighted by Gasteiger charge is -2.33. The lowest BCUT2D eigenvalue weighted by atomic mass is 10.1. The average molecular weight is 485 g/mol. The third-order valence-electron chi connectivity index (χ3n) is 5.72. The van der Waals surface area contributed by atoms with Crippen molar-refractivity contribution in [3.63, 3.8) is 0 Å². The van der Waals surface area contributed by atoms with Crippen LogP contribution in [0.2, 0.25) is 5.02 Å². The first-order valence-corrected chi connectivity index (χ1v) is 11.2. The molecule has 0 bridgehead atoms. The van der Waals surface area contributed by atoms with E-state index in [1.807, 2.05) is 38.9 Å². The number of halogens is 2. The van der Waals surface area contributed by atoms with Crippen LogP contribution in [-0.2, 0) is 16.6 Å². The number of aryl methyl sites for hydroxylation is 1. The van der Waals surface area contributed by atoms with Gasteiger partial charge in [0.15, 0.2) is 5.49 Å². The Morgan fingerprint density at radius 1 is 1.29 bits per heavy atom. The van der Waals surface area contributed by atoms with Crippen molar-refractivity contribution in [3.05, 3.63) is 70.0 Å². The Labute approximate surface area is 202 Å². The summed E-state index contributed by atoms with van der Waals surface area (Å²) in [5.74, 6) is -0.0291. The fourth-order valence-corrected chi connectivity index (χ4v) is 3.80. The number of anilines is 1. The van der Waals surface area contributed by atoms with Gasteiger partial charge in [-0.3, -0.25) is 14.0 Å². The maximum atomic E-state index is 15.0. The van der Waals surface area contributed by atoms with Crippen molar-refractivity contribution in [2.24, 2.45) is 12.0 Å². The molecule has 1 unspecified atom stereocenters. The van der Waals surface area contributed by atoms with Crippen LogP contribution in [0.25, 0.3) is 11.3 Å². The van der Waals surface area contributed by atoms with Gasteiger partial charge in [0, 0.05) is 41.6 Å². The number of nitrogens with zero attached hydrogens (tertiary/aromatic N) is 6. The molecule has 0 radical (unpaired) electrons. The lowest BCUT2D eigenvalue weighted by Crippen LogP contribution is -2.40. The van der Waals surface area contributed by atoms with E-state index in [0.717, 1.165) is 11.1 Å². The third-order valence-corrected chi connectivity index (χ3v) is 5.96. The van der Waals surface area contributed by atoms with E-state index in [-0.39, 0.29) is 27.9 Å². The molecule has 2 aromatic heterocycles. The summed E-state index contributed by atoms with van der Waals surface area (Å²) >= 11 is 5.98. The van der Waals surface area contributed by atoms with Gasteiger partial charge in [0.05, 0.1) is 25.5 Å². The Balaban J connectivity index is 1.86. The third kappa shape index (κ3) is 4.95. The molecule has 0 saturated carbocycles. The highest BCUT2D eigenvalue weighted by Crippen LogP contribution is 2.27. The van der Waals surface area contributed by atoms with Crippen molar-refractivity contribution in [2.75, 3.05) is 24.6 Å². The topological polar surface area (TPSA) is 77.5 Å². The summed E-state index contributed by atoms with van der Waals surface area (Å²) < 4.78 is 24.0. The molecule has 0 amide bonds. The number of hydrogen-bond acceptors (Lipinski definition) is 6. The number of benzene rings is 1. The highest BCUT2D eigenvalue weighted by Gasteiger charge is 2.25. The van der Waals surface area contributed by atoms with Gasteiger partial charge >= 0.3 is 0 Å². The van der Waals surface area contributed by atoms with Crippen molar-refractivity contribution in [2.45, 2.75) is 26.9 Å². The fourth-order valence-electron chi connectivity index (χ4n) is 3.64. The fraction of sp³-hybridized carbons (Fsp3) is 0.333. The number of aromatic nitrogens is 4. The van der Waals surface area contributed by atoms with E-state index in [1.165, 1.54) is 10.6 Å². The smallest absolute Gasteiger partial charge is 0.219 e. The zero-order chi connectivity index (χ0) is 24.4. The number of morpholine rings is 1. The number of carbonyl (C=O) groups excluding carboxylic acids is 1. The van der Waals surface area contributed by atoms with Crippen LogP contribution in [0.4, 0.5) is 10.2 Å². The van der Waals surface area contributed by atoms with E-state index in [2.05, 4.69) is 10.1 Å². The van der Waals surface area contributed by atoms with E-state index < -0.39 is 5.82 Å². The molecule has 3 heterocycles. The summed E-state index contributed by atoms with van der Waals surface area (Å²) in [6.07, 6.45) is 5.74. The molecule has 4 rings (SSSR count). The minimum absolute atomic E-state index is 0.207. The summed E-state index contributed by atoms with van der Waals surface area (Å²) in [6.45, 7) is 7.20. The normalized spacial score (nSPS) is 16.6. The standard InChI is InChI=1S/C24H26ClFN6O2/c1-15(2)16(3)28-24-23(19-6-5-18(25)9-20(19)26)29-22(13-32(24)14-33)31-7-8-34-21(12-31)17-10-27-30(4)11-17/h5-6,9-11,13-14,21H,7-8,12H2,1-4H3. The Kier molecular flexibility index (Phi) is 6.95. The molecule has 34 heavy (non-hydrogen) atoms. The molecule has 1 fully saturated rings. The second-order valence-corrected chi connectivity index (χ2v) is 8.79. The van der Waals surface area contributed by atoms with Gasteiger partial charge in [-0.1, -0.05) is 17.2 Å². The van der Waals surface area contributed by atoms with Gasteiger partial charge in [-0.05, 0) is 39.0 Å². The number of allylic oxidation sites excluding steroid dienone is 2. The molecule has 3 aromatic rings. The number of hydrogen-bond donors (Lipinski definition) is 0. The largest absolute Gasteiger partial charge is 0.370 e. The lowest BCUT2D eigenvalue weighted by molar-refractivity contribution is 0.0394. The molecule has 1 atom stereocenters. The van der Waals surface area contributed by atoms with E-state index in [0.29, 0.717) is 37.6 Å². The summed E-state index contributed by atoms with van der Waals surface area (Å²) in [5.41, 5.74) is 3.34. The van der Waals surface area contributed by atoms with Crippen LogP contribution < -0.4 is 10.4 Å². The first-order chi connectivity index (χ1) is 16.3. The summed E-state index contributed by atoms with van der Waals surface area (Å²) in [4.78, 5) is 23.5. The van der Waals surface area contributed by atoms with Crippen LogP contribution in [0, 0.1) is 5.82 Å². The second kappa shape index (κ2) is 9.90. The van der Waals surface area contributed by atoms with E-state index >= 15 is 0 Å². The van der Waals surface area contributed by atoms with Crippen molar-refractivity contribution < 1.29 is 13.9 Å². The predicted octanol–water partition coefficient (Wildman–Crippen LogP) is 3.91. The zero-order valence-electron chi connectivity index (χ0n) is 19.5. The van der Waals surface area contributed by atoms with Gasteiger partial charge in [0.1, 0.15) is 23.4 Å². The van der Waals surface area contributed by atoms with Gasteiger partial charge in [-0.15, -0.1) is 0 Å². The number of rotatable bonds is 5. The predicted molar refractivity (Wildman–Crippen MR) is 129 cm³/mol. The Hall–Kier alpha value is -3.30. The molecule has 1 saturated heterocycles. The van der Waals surface area contributed by atoms with Crippen molar-refractivity contribution in [1.29, 1.82) is 0 Å². The van der Waals surface area contributed by atoms with Gasteiger partial charge in [-0.25, -0.2) is 14.4 Å². The molecule has 1 aromatic carbocycles. The summed E-state index contributed by atoms with van der Waals surface area (Å²) in [6, 6.07) is 4.36. The molecule has 178 valence electrons. The van der Waals surface area contributed by atoms with E-state index in [1.54, 1.807) is 29.2 Å². The first-order valence-electron chi connectivity index (χ1n) is 10.8. The first kappa shape index (κ1) is 23.8. The minimum atomic E-state index is -0.545. The SMILES string of the molecule is CC(C)=C(C)N=c1c(-c2ccc(Cl)cc2F)nc(N2CCOC(c3cnn(C)c3)C2)cn1C=O. The second-order valence-electron chi connectivity index (χ2n) is 8.36. The van der Waals surface area contributed by atoms with Crippen LogP contribution in [0.3, 0.4) is 0 Å². The van der Waals surface area contributed by atoms with Crippen LogP contribution in [0.5, 0.6) is 0 Å². The monoisotopic (exact) mass is 484 g/mol. The Morgan fingerprint density at radius 3 is 2.74 bits per heavy atom. The summed E-state index contributed by atoms with van der Waals surface area (Å²) in [5, 5.41) is 4.49. The average Bonchev–Trinajstić information content (AvgIpc) is 3.25. The summed E-state index contributed by atoms with van der Waals surface area (Å²) in [7, 11) is 1.85.